The van der Waals surface area contributed by atoms with E-state index in [1.807, 2.05) is 24.3 Å². The molecule has 3 rings (SSSR count). The molecule has 1 heterocycles. The lowest BCUT2D eigenvalue weighted by Gasteiger charge is -2.43. The number of aliphatic hydroxyl groups excluding tert-OH is 1. The van der Waals surface area contributed by atoms with E-state index in [-0.39, 0.29) is 18.1 Å². The first kappa shape index (κ1) is 20.6. The summed E-state index contributed by atoms with van der Waals surface area (Å²) in [4.78, 5) is 2.45. The van der Waals surface area contributed by atoms with E-state index < -0.39 is 0 Å². The zero-order valence-corrected chi connectivity index (χ0v) is 17.1. The Hall–Kier alpha value is -2.08. The van der Waals surface area contributed by atoms with Crippen LogP contribution in [0.3, 0.4) is 0 Å². The second-order valence-corrected chi connectivity index (χ2v) is 8.02. The van der Waals surface area contributed by atoms with Crippen LogP contribution in [0.5, 0.6) is 11.5 Å². The maximum atomic E-state index is 10.1. The fourth-order valence-corrected chi connectivity index (χ4v) is 3.89. The number of nitrogens with zero attached hydrogens (tertiary/aromatic N) is 1. The van der Waals surface area contributed by atoms with Crippen LogP contribution in [-0.2, 0) is 6.61 Å². The molecule has 1 fully saturated rings. The van der Waals surface area contributed by atoms with Crippen LogP contribution in [0.4, 0.5) is 0 Å². The third kappa shape index (κ3) is 4.85. The number of ether oxygens (including phenoxy) is 2. The van der Waals surface area contributed by atoms with Crippen LogP contribution in [0.15, 0.2) is 48.5 Å². The van der Waals surface area contributed by atoms with E-state index in [9.17, 15) is 5.11 Å². The summed E-state index contributed by atoms with van der Waals surface area (Å²) in [5, 5.41) is 13.5. The van der Waals surface area contributed by atoms with Crippen molar-refractivity contribution in [3.05, 3.63) is 59.7 Å². The van der Waals surface area contributed by atoms with Gasteiger partial charge >= 0.3 is 0 Å². The van der Waals surface area contributed by atoms with Gasteiger partial charge in [-0.1, -0.05) is 50.2 Å². The highest BCUT2D eigenvalue weighted by molar-refractivity contribution is 5.44. The molecule has 0 saturated carbocycles. The first-order chi connectivity index (χ1) is 13.5. The molecule has 0 unspecified atom stereocenters. The number of nitrogens with one attached hydrogen (secondary N) is 1. The normalized spacial score (nSPS) is 16.6. The van der Waals surface area contributed by atoms with E-state index in [1.165, 1.54) is 0 Å². The predicted molar refractivity (Wildman–Crippen MR) is 112 cm³/mol. The maximum Gasteiger partial charge on any atom is 0.161 e. The molecule has 0 radical (unpaired) electrons. The molecule has 5 heteroatoms. The number of aliphatic hydroxyl groups is 1. The fraction of sp³-hybridized carbons (Fsp3) is 0.478. The van der Waals surface area contributed by atoms with Crippen LogP contribution >= 0.6 is 0 Å². The van der Waals surface area contributed by atoms with Gasteiger partial charge < -0.3 is 19.9 Å². The van der Waals surface area contributed by atoms with Crippen molar-refractivity contribution in [2.45, 2.75) is 26.5 Å². The third-order valence-electron chi connectivity index (χ3n) is 5.41. The predicted octanol–water partition coefficient (Wildman–Crippen LogP) is 3.24. The molecule has 2 aromatic carbocycles. The Bertz CT molecular complexity index is 743. The largest absolute Gasteiger partial charge is 0.493 e. The van der Waals surface area contributed by atoms with E-state index >= 15 is 0 Å². The minimum Gasteiger partial charge on any atom is -0.493 e. The lowest BCUT2D eigenvalue weighted by atomic mass is 9.79. The van der Waals surface area contributed by atoms with Gasteiger partial charge in [-0.15, -0.1) is 0 Å². The Morgan fingerprint density at radius 1 is 1.07 bits per heavy atom. The number of rotatable bonds is 8. The maximum absolute atomic E-state index is 10.1. The first-order valence-electron chi connectivity index (χ1n) is 9.95. The molecule has 152 valence electrons. The Morgan fingerprint density at radius 2 is 1.79 bits per heavy atom. The van der Waals surface area contributed by atoms with Crippen molar-refractivity contribution >= 4 is 0 Å². The Kier molecular flexibility index (Phi) is 6.94. The fourth-order valence-electron chi connectivity index (χ4n) is 3.89. The van der Waals surface area contributed by atoms with Crippen LogP contribution in [0.25, 0.3) is 0 Å². The summed E-state index contributed by atoms with van der Waals surface area (Å²) in [5.74, 6) is 1.46. The Balaban J connectivity index is 1.89. The number of benzene rings is 2. The smallest absolute Gasteiger partial charge is 0.161 e. The first-order valence-corrected chi connectivity index (χ1v) is 9.95. The van der Waals surface area contributed by atoms with E-state index in [0.717, 1.165) is 48.8 Å². The van der Waals surface area contributed by atoms with E-state index in [4.69, 9.17) is 9.47 Å². The van der Waals surface area contributed by atoms with E-state index in [1.54, 1.807) is 7.11 Å². The van der Waals surface area contributed by atoms with Crippen molar-refractivity contribution in [3.63, 3.8) is 0 Å². The van der Waals surface area contributed by atoms with Crippen molar-refractivity contribution in [3.8, 4) is 11.5 Å². The molecular formula is C23H32N2O3. The summed E-state index contributed by atoms with van der Waals surface area (Å²) >= 11 is 0. The summed E-state index contributed by atoms with van der Waals surface area (Å²) in [5.41, 5.74) is 1.98. The van der Waals surface area contributed by atoms with Gasteiger partial charge in [0.1, 0.15) is 6.61 Å². The SMILES string of the molecule is COc1ccc([C@@H](N2CCNCC2)C(C)(C)CO)cc1OCc1ccccc1. The minimum atomic E-state index is -0.275. The van der Waals surface area contributed by atoms with E-state index in [2.05, 4.69) is 48.3 Å². The van der Waals surface area contributed by atoms with Gasteiger partial charge in [0.2, 0.25) is 0 Å². The quantitative estimate of drug-likeness (QED) is 0.732. The molecule has 0 aliphatic carbocycles. The van der Waals surface area contributed by atoms with Gasteiger partial charge in [0.15, 0.2) is 11.5 Å². The van der Waals surface area contributed by atoms with Crippen molar-refractivity contribution in [2.24, 2.45) is 5.41 Å². The van der Waals surface area contributed by atoms with Crippen molar-refractivity contribution < 1.29 is 14.6 Å². The number of hydrogen-bond acceptors (Lipinski definition) is 5. The van der Waals surface area contributed by atoms with Crippen LogP contribution < -0.4 is 14.8 Å². The topological polar surface area (TPSA) is 54.0 Å². The average Bonchev–Trinajstić information content (AvgIpc) is 2.74. The number of hydrogen-bond donors (Lipinski definition) is 2. The summed E-state index contributed by atoms with van der Waals surface area (Å²) in [6.07, 6.45) is 0. The van der Waals surface area contributed by atoms with Gasteiger partial charge in [-0.3, -0.25) is 4.90 Å². The highest BCUT2D eigenvalue weighted by Gasteiger charge is 2.36. The number of piperazine rings is 1. The molecule has 2 N–H and O–H groups in total. The lowest BCUT2D eigenvalue weighted by molar-refractivity contribution is 0.0303. The van der Waals surface area contributed by atoms with Gasteiger partial charge in [0.05, 0.1) is 7.11 Å². The second kappa shape index (κ2) is 9.41. The molecule has 0 aromatic heterocycles. The molecular weight excluding hydrogens is 352 g/mol. The van der Waals surface area contributed by atoms with Crippen LogP contribution in [-0.4, -0.2) is 49.9 Å². The molecule has 5 nitrogen and oxygen atoms in total. The van der Waals surface area contributed by atoms with E-state index in [0.29, 0.717) is 6.61 Å². The van der Waals surface area contributed by atoms with Gasteiger partial charge in [-0.05, 0) is 23.3 Å². The zero-order chi connectivity index (χ0) is 20.0. The minimum absolute atomic E-state index is 0.101. The van der Waals surface area contributed by atoms with Crippen molar-refractivity contribution in [1.82, 2.24) is 10.2 Å². The average molecular weight is 385 g/mol. The Labute approximate surface area is 168 Å². The summed E-state index contributed by atoms with van der Waals surface area (Å²) in [7, 11) is 1.66. The monoisotopic (exact) mass is 384 g/mol. The molecule has 0 bridgehead atoms. The highest BCUT2D eigenvalue weighted by Crippen LogP contribution is 2.41. The van der Waals surface area contributed by atoms with Gasteiger partial charge in [-0.2, -0.15) is 0 Å². The molecule has 0 amide bonds. The molecule has 1 aliphatic heterocycles. The summed E-state index contributed by atoms with van der Waals surface area (Å²) in [6, 6.07) is 16.4. The Morgan fingerprint density at radius 3 is 2.43 bits per heavy atom. The van der Waals surface area contributed by atoms with Gasteiger partial charge in [0.25, 0.3) is 0 Å². The van der Waals surface area contributed by atoms with Crippen molar-refractivity contribution in [1.29, 1.82) is 0 Å². The van der Waals surface area contributed by atoms with Gasteiger partial charge in [-0.25, -0.2) is 0 Å². The summed E-state index contributed by atoms with van der Waals surface area (Å²) in [6.45, 7) is 8.69. The molecule has 0 spiro atoms. The molecule has 1 aliphatic rings. The summed E-state index contributed by atoms with van der Waals surface area (Å²) < 4.78 is 11.6. The second-order valence-electron chi connectivity index (χ2n) is 8.02. The van der Waals surface area contributed by atoms with Crippen LogP contribution in [0, 0.1) is 5.41 Å². The van der Waals surface area contributed by atoms with Crippen LogP contribution in [0.2, 0.25) is 0 Å². The molecule has 2 aromatic rings. The van der Waals surface area contributed by atoms with Crippen molar-refractivity contribution in [2.75, 3.05) is 39.9 Å². The zero-order valence-electron chi connectivity index (χ0n) is 17.1. The molecule has 1 atom stereocenters. The highest BCUT2D eigenvalue weighted by atomic mass is 16.5. The third-order valence-corrected chi connectivity index (χ3v) is 5.41. The van der Waals surface area contributed by atoms with Gasteiger partial charge in [0, 0.05) is 44.2 Å². The molecule has 28 heavy (non-hydrogen) atoms. The van der Waals surface area contributed by atoms with Crippen LogP contribution in [0.1, 0.15) is 31.0 Å². The number of methoxy groups -OCH3 is 1. The standard InChI is InChI=1S/C23H32N2O3/c1-23(2,17-26)22(25-13-11-24-12-14-25)19-9-10-20(27-3)21(15-19)28-16-18-7-5-4-6-8-18/h4-10,15,22,24,26H,11-14,16-17H2,1-3H3/t22-/m1/s1. The lowest BCUT2D eigenvalue weighted by Crippen LogP contribution is -2.49. The molecule has 1 saturated heterocycles.